The molecule has 0 aliphatic rings. The molecule has 2 aromatic carbocycles. The number of hydrogen-bond donors (Lipinski definition) is 2. The molecule has 0 heterocycles. The first-order chi connectivity index (χ1) is 13.9. The summed E-state index contributed by atoms with van der Waals surface area (Å²) in [7, 11) is 0. The van der Waals surface area contributed by atoms with Crippen LogP contribution in [-0.2, 0) is 0 Å². The van der Waals surface area contributed by atoms with E-state index in [0.29, 0.717) is 48.3 Å². The van der Waals surface area contributed by atoms with Crippen molar-refractivity contribution < 1.29 is 19.0 Å². The maximum atomic E-state index is 10.7. The normalized spacial score (nSPS) is 10.8. The van der Waals surface area contributed by atoms with E-state index in [-0.39, 0.29) is 0 Å². The van der Waals surface area contributed by atoms with Crippen molar-refractivity contribution in [2.75, 3.05) is 19.8 Å². The highest BCUT2D eigenvalue weighted by atomic mass is 35.5. The van der Waals surface area contributed by atoms with Gasteiger partial charge in [-0.25, -0.2) is 10.2 Å². The summed E-state index contributed by atoms with van der Waals surface area (Å²) in [6.07, 6.45) is 2.10. The number of benzene rings is 2. The van der Waals surface area contributed by atoms with Crippen molar-refractivity contribution in [2.24, 2.45) is 10.8 Å². The smallest absolute Gasteiger partial charge is 0.332 e. The van der Waals surface area contributed by atoms with Crippen LogP contribution in [0.4, 0.5) is 4.79 Å². The molecule has 156 valence electrons. The van der Waals surface area contributed by atoms with Gasteiger partial charge in [-0.2, -0.15) is 5.10 Å². The van der Waals surface area contributed by atoms with Gasteiger partial charge in [-0.1, -0.05) is 29.3 Å². The number of carbonyl (C=O) groups excluding carboxylic acids is 1. The third kappa shape index (κ3) is 7.19. The van der Waals surface area contributed by atoms with Crippen molar-refractivity contribution in [1.82, 2.24) is 5.43 Å². The maximum absolute atomic E-state index is 10.7. The van der Waals surface area contributed by atoms with Crippen LogP contribution >= 0.6 is 11.6 Å². The van der Waals surface area contributed by atoms with Crippen LogP contribution in [0.15, 0.2) is 35.4 Å². The van der Waals surface area contributed by atoms with Gasteiger partial charge in [-0.15, -0.1) is 0 Å². The summed E-state index contributed by atoms with van der Waals surface area (Å²) in [5.74, 6) is 1.83. The van der Waals surface area contributed by atoms with Crippen LogP contribution in [0.1, 0.15) is 30.0 Å². The fourth-order valence-electron chi connectivity index (χ4n) is 2.61. The lowest BCUT2D eigenvalue weighted by atomic mass is 10.1. The lowest BCUT2D eigenvalue weighted by Crippen LogP contribution is -2.24. The van der Waals surface area contributed by atoms with Crippen molar-refractivity contribution >= 4 is 23.8 Å². The molecule has 2 amide bonds. The molecule has 2 aromatic rings. The van der Waals surface area contributed by atoms with E-state index in [0.717, 1.165) is 11.3 Å². The molecule has 8 heteroatoms. The van der Waals surface area contributed by atoms with E-state index in [9.17, 15) is 4.79 Å². The molecule has 2 rings (SSSR count). The molecule has 3 N–H and O–H groups in total. The fraction of sp³-hybridized carbons (Fsp3) is 0.333. The van der Waals surface area contributed by atoms with Crippen molar-refractivity contribution in [1.29, 1.82) is 0 Å². The quantitative estimate of drug-likeness (QED) is 0.342. The van der Waals surface area contributed by atoms with E-state index >= 15 is 0 Å². The molecule has 0 aliphatic heterocycles. The number of aryl methyl sites for hydroxylation is 2. The molecule has 0 unspecified atom stereocenters. The molecule has 0 saturated heterocycles. The summed E-state index contributed by atoms with van der Waals surface area (Å²) >= 11 is 6.35. The predicted octanol–water partition coefficient (Wildman–Crippen LogP) is 4.21. The third-order valence-corrected chi connectivity index (χ3v) is 4.12. The van der Waals surface area contributed by atoms with Gasteiger partial charge < -0.3 is 19.9 Å². The molecule has 0 spiro atoms. The molecule has 0 atom stereocenters. The number of carbonyl (C=O) groups is 1. The number of hydrogen-bond acceptors (Lipinski definition) is 5. The van der Waals surface area contributed by atoms with E-state index in [1.165, 1.54) is 11.8 Å². The monoisotopic (exact) mass is 419 g/mol. The van der Waals surface area contributed by atoms with E-state index in [2.05, 4.69) is 23.5 Å². The number of nitrogens with zero attached hydrogens (tertiary/aromatic N) is 1. The van der Waals surface area contributed by atoms with E-state index in [4.69, 9.17) is 31.5 Å². The number of hydrazone groups is 1. The minimum Gasteiger partial charge on any atom is -0.493 e. The molecule has 0 saturated carbocycles. The van der Waals surface area contributed by atoms with Crippen molar-refractivity contribution in [3.05, 3.63) is 52.0 Å². The van der Waals surface area contributed by atoms with Gasteiger partial charge in [-0.3, -0.25) is 0 Å². The van der Waals surface area contributed by atoms with E-state index < -0.39 is 6.03 Å². The zero-order valence-corrected chi connectivity index (χ0v) is 17.6. The summed E-state index contributed by atoms with van der Waals surface area (Å²) in [6, 6.07) is 8.73. The first-order valence-corrected chi connectivity index (χ1v) is 9.66. The average molecular weight is 420 g/mol. The number of halogens is 1. The Kier molecular flexibility index (Phi) is 8.61. The number of primary amides is 1. The zero-order chi connectivity index (χ0) is 21.2. The first-order valence-electron chi connectivity index (χ1n) is 9.28. The van der Waals surface area contributed by atoms with Crippen LogP contribution in [0.5, 0.6) is 17.2 Å². The van der Waals surface area contributed by atoms with Crippen molar-refractivity contribution in [3.63, 3.8) is 0 Å². The summed E-state index contributed by atoms with van der Waals surface area (Å²) < 4.78 is 17.3. The summed E-state index contributed by atoms with van der Waals surface area (Å²) in [6.45, 7) is 7.33. The molecule has 0 radical (unpaired) electrons. The molecule has 0 aliphatic carbocycles. The highest BCUT2D eigenvalue weighted by Crippen LogP contribution is 2.36. The highest BCUT2D eigenvalue weighted by molar-refractivity contribution is 6.32. The second-order valence-electron chi connectivity index (χ2n) is 6.32. The Labute approximate surface area is 175 Å². The largest absolute Gasteiger partial charge is 0.493 e. The van der Waals surface area contributed by atoms with Crippen LogP contribution in [0, 0.1) is 13.8 Å². The Morgan fingerprint density at radius 2 is 1.90 bits per heavy atom. The fourth-order valence-corrected chi connectivity index (χ4v) is 2.89. The van der Waals surface area contributed by atoms with E-state index in [1.807, 2.05) is 26.0 Å². The second kappa shape index (κ2) is 11.2. The highest BCUT2D eigenvalue weighted by Gasteiger charge is 2.12. The molecule has 0 bridgehead atoms. The van der Waals surface area contributed by atoms with E-state index in [1.54, 1.807) is 12.1 Å². The summed E-state index contributed by atoms with van der Waals surface area (Å²) in [4.78, 5) is 10.7. The molecule has 0 aromatic heterocycles. The van der Waals surface area contributed by atoms with Gasteiger partial charge >= 0.3 is 6.03 Å². The SMILES string of the molecule is CCOc1cc(/C=N\NC(N)=O)cc(Cl)c1OCCCOc1ccc(C)cc1C. The van der Waals surface area contributed by atoms with Gasteiger partial charge in [0.2, 0.25) is 0 Å². The number of urea groups is 1. The van der Waals surface area contributed by atoms with Gasteiger partial charge in [0.1, 0.15) is 5.75 Å². The molecular formula is C21H26ClN3O4. The molecule has 0 fully saturated rings. The molecule has 7 nitrogen and oxygen atoms in total. The van der Waals surface area contributed by atoms with Crippen molar-refractivity contribution in [2.45, 2.75) is 27.2 Å². The third-order valence-electron chi connectivity index (χ3n) is 3.84. The minimum absolute atomic E-state index is 0.381. The zero-order valence-electron chi connectivity index (χ0n) is 16.8. The Bertz CT molecular complexity index is 871. The number of ether oxygens (including phenoxy) is 3. The summed E-state index contributed by atoms with van der Waals surface area (Å²) in [5.41, 5.74) is 10.1. The Hall–Kier alpha value is -2.93. The Morgan fingerprint density at radius 3 is 2.59 bits per heavy atom. The summed E-state index contributed by atoms with van der Waals surface area (Å²) in [5, 5.41) is 4.10. The Morgan fingerprint density at radius 1 is 1.14 bits per heavy atom. The minimum atomic E-state index is -0.750. The van der Waals surface area contributed by atoms with Gasteiger partial charge in [0.25, 0.3) is 0 Å². The first kappa shape index (κ1) is 22.4. The number of nitrogens with one attached hydrogen (secondary N) is 1. The van der Waals surface area contributed by atoms with Crippen LogP contribution in [-0.4, -0.2) is 32.1 Å². The lowest BCUT2D eigenvalue weighted by molar-refractivity contribution is 0.235. The number of nitrogens with two attached hydrogens (primary N) is 1. The lowest BCUT2D eigenvalue weighted by Gasteiger charge is -2.15. The van der Waals surface area contributed by atoms with Crippen LogP contribution < -0.4 is 25.4 Å². The van der Waals surface area contributed by atoms with Crippen LogP contribution in [0.3, 0.4) is 0 Å². The van der Waals surface area contributed by atoms with Crippen LogP contribution in [0.25, 0.3) is 0 Å². The predicted molar refractivity (Wildman–Crippen MR) is 114 cm³/mol. The maximum Gasteiger partial charge on any atom is 0.332 e. The number of amides is 2. The van der Waals surface area contributed by atoms with Gasteiger partial charge in [0.05, 0.1) is 31.1 Å². The van der Waals surface area contributed by atoms with Gasteiger partial charge in [0.15, 0.2) is 11.5 Å². The topological polar surface area (TPSA) is 95.2 Å². The standard InChI is InChI=1S/C21H26ClN3O4/c1-4-27-19-12-16(13-24-25-21(23)26)11-17(22)20(19)29-9-5-8-28-18-7-6-14(2)10-15(18)3/h6-7,10-13H,4-5,8-9H2,1-3H3,(H3,23,25,26)/b24-13-. The molecular weight excluding hydrogens is 394 g/mol. The van der Waals surface area contributed by atoms with Crippen molar-refractivity contribution in [3.8, 4) is 17.2 Å². The van der Waals surface area contributed by atoms with Gasteiger partial charge in [-0.05, 0) is 50.1 Å². The van der Waals surface area contributed by atoms with Gasteiger partial charge in [0, 0.05) is 6.42 Å². The second-order valence-corrected chi connectivity index (χ2v) is 6.72. The average Bonchev–Trinajstić information content (AvgIpc) is 2.64. The number of rotatable bonds is 10. The molecule has 29 heavy (non-hydrogen) atoms. The van der Waals surface area contributed by atoms with Crippen LogP contribution in [0.2, 0.25) is 5.02 Å². The Balaban J connectivity index is 1.94.